The molecular weight excluding hydrogens is 342 g/mol. The van der Waals surface area contributed by atoms with E-state index in [2.05, 4.69) is 46.9 Å². The van der Waals surface area contributed by atoms with Crippen LogP contribution in [0, 0.1) is 6.92 Å². The van der Waals surface area contributed by atoms with Gasteiger partial charge in [0.2, 0.25) is 0 Å². The van der Waals surface area contributed by atoms with Crippen molar-refractivity contribution in [3.8, 4) is 11.1 Å². The van der Waals surface area contributed by atoms with E-state index >= 15 is 0 Å². The first-order valence-electron chi connectivity index (χ1n) is 8.86. The van der Waals surface area contributed by atoms with Crippen LogP contribution in [0.1, 0.15) is 18.4 Å². The van der Waals surface area contributed by atoms with Crippen LogP contribution in [-0.2, 0) is 0 Å². The molecule has 132 valence electrons. The predicted octanol–water partition coefficient (Wildman–Crippen LogP) is 5.00. The van der Waals surface area contributed by atoms with Crippen LogP contribution < -0.4 is 5.32 Å². The number of aliphatic hydroxyl groups excluding tert-OH is 1. The zero-order chi connectivity index (χ0) is 17.9. The van der Waals surface area contributed by atoms with Crippen molar-refractivity contribution in [1.29, 1.82) is 0 Å². The molecule has 5 heteroatoms. The number of aliphatic hydroxyl groups is 1. The lowest BCUT2D eigenvalue weighted by Crippen LogP contribution is -2.04. The number of aromatic nitrogens is 2. The van der Waals surface area contributed by atoms with Crippen molar-refractivity contribution >= 4 is 38.3 Å². The summed E-state index contributed by atoms with van der Waals surface area (Å²) in [7, 11) is 0. The maximum Gasteiger partial charge on any atom is 0.144 e. The van der Waals surface area contributed by atoms with Crippen LogP contribution in [-0.4, -0.2) is 28.2 Å². The standard InChI is InChI=1S/C21H21N3OS/c1-14-7-2-3-8-15(14)16-13-26-20-18(16)19-17(9-6-11-22-19)24-21(20)23-10-4-5-12-25/h2-3,6-9,11,13,25H,4-5,10,12H2,1H3,(H,23,24). The first kappa shape index (κ1) is 16.9. The third-order valence-corrected chi connectivity index (χ3v) is 5.56. The first-order chi connectivity index (χ1) is 12.8. The number of pyridine rings is 2. The van der Waals surface area contributed by atoms with Crippen molar-refractivity contribution < 1.29 is 5.11 Å². The molecule has 0 aliphatic rings. The Morgan fingerprint density at radius 3 is 2.81 bits per heavy atom. The summed E-state index contributed by atoms with van der Waals surface area (Å²) in [5.74, 6) is 0.906. The number of thiophene rings is 1. The summed E-state index contributed by atoms with van der Waals surface area (Å²) in [6, 6.07) is 12.4. The zero-order valence-corrected chi connectivity index (χ0v) is 15.5. The van der Waals surface area contributed by atoms with E-state index in [-0.39, 0.29) is 6.61 Å². The third kappa shape index (κ3) is 3.04. The molecule has 0 fully saturated rings. The second-order valence-corrected chi connectivity index (χ2v) is 7.24. The molecule has 0 bridgehead atoms. The number of nitrogens with one attached hydrogen (secondary N) is 1. The maximum absolute atomic E-state index is 8.98. The minimum Gasteiger partial charge on any atom is -0.396 e. The molecule has 0 atom stereocenters. The van der Waals surface area contributed by atoms with E-state index < -0.39 is 0 Å². The Balaban J connectivity index is 1.90. The zero-order valence-electron chi connectivity index (χ0n) is 14.7. The highest BCUT2D eigenvalue weighted by Gasteiger charge is 2.16. The normalized spacial score (nSPS) is 11.3. The van der Waals surface area contributed by atoms with Crippen molar-refractivity contribution in [3.05, 3.63) is 53.5 Å². The van der Waals surface area contributed by atoms with Gasteiger partial charge in [0.05, 0.1) is 15.7 Å². The quantitative estimate of drug-likeness (QED) is 0.473. The summed E-state index contributed by atoms with van der Waals surface area (Å²) < 4.78 is 1.14. The maximum atomic E-state index is 8.98. The SMILES string of the molecule is Cc1ccccc1-c1csc2c(NCCCCO)nc3cccnc3c12. The van der Waals surface area contributed by atoms with E-state index in [1.807, 2.05) is 18.3 Å². The smallest absolute Gasteiger partial charge is 0.144 e. The van der Waals surface area contributed by atoms with Crippen LogP contribution in [0.5, 0.6) is 0 Å². The van der Waals surface area contributed by atoms with Gasteiger partial charge in [-0.05, 0) is 43.0 Å². The summed E-state index contributed by atoms with van der Waals surface area (Å²) in [5.41, 5.74) is 5.56. The van der Waals surface area contributed by atoms with E-state index in [4.69, 9.17) is 10.1 Å². The molecule has 1 aromatic carbocycles. The minimum atomic E-state index is 0.225. The molecule has 0 saturated carbocycles. The Bertz CT molecular complexity index is 1060. The van der Waals surface area contributed by atoms with Crippen molar-refractivity contribution in [1.82, 2.24) is 9.97 Å². The number of hydrogen-bond acceptors (Lipinski definition) is 5. The largest absolute Gasteiger partial charge is 0.396 e. The number of unbranched alkanes of at least 4 members (excludes halogenated alkanes) is 1. The van der Waals surface area contributed by atoms with Gasteiger partial charge in [0.1, 0.15) is 5.82 Å². The Morgan fingerprint density at radius 2 is 1.96 bits per heavy atom. The second-order valence-electron chi connectivity index (χ2n) is 6.36. The summed E-state index contributed by atoms with van der Waals surface area (Å²) in [5, 5.41) is 15.8. The third-order valence-electron chi connectivity index (χ3n) is 4.57. The van der Waals surface area contributed by atoms with Crippen LogP contribution in [0.15, 0.2) is 48.0 Å². The molecule has 4 nitrogen and oxygen atoms in total. The second kappa shape index (κ2) is 7.40. The van der Waals surface area contributed by atoms with Gasteiger partial charge in [-0.2, -0.15) is 0 Å². The van der Waals surface area contributed by atoms with Crippen LogP contribution in [0.2, 0.25) is 0 Å². The molecule has 0 aliphatic carbocycles. The van der Waals surface area contributed by atoms with Gasteiger partial charge in [0, 0.05) is 35.7 Å². The Labute approximate surface area is 156 Å². The van der Waals surface area contributed by atoms with Gasteiger partial charge in [-0.3, -0.25) is 4.98 Å². The van der Waals surface area contributed by atoms with Gasteiger partial charge >= 0.3 is 0 Å². The molecule has 0 aliphatic heterocycles. The van der Waals surface area contributed by atoms with Gasteiger partial charge in [-0.25, -0.2) is 4.98 Å². The molecule has 2 N–H and O–H groups in total. The van der Waals surface area contributed by atoms with Crippen molar-refractivity contribution in [3.63, 3.8) is 0 Å². The Hall–Kier alpha value is -2.50. The molecule has 26 heavy (non-hydrogen) atoms. The van der Waals surface area contributed by atoms with E-state index in [0.717, 1.165) is 40.9 Å². The van der Waals surface area contributed by atoms with Crippen molar-refractivity contribution in [2.45, 2.75) is 19.8 Å². The van der Waals surface area contributed by atoms with Crippen LogP contribution in [0.4, 0.5) is 5.82 Å². The van der Waals surface area contributed by atoms with Crippen LogP contribution in [0.25, 0.3) is 32.2 Å². The first-order valence-corrected chi connectivity index (χ1v) is 9.74. The molecule has 3 heterocycles. The molecule has 3 aromatic heterocycles. The summed E-state index contributed by atoms with van der Waals surface area (Å²) in [4.78, 5) is 9.44. The minimum absolute atomic E-state index is 0.225. The highest BCUT2D eigenvalue weighted by molar-refractivity contribution is 7.18. The van der Waals surface area contributed by atoms with Crippen molar-refractivity contribution in [2.75, 3.05) is 18.5 Å². The van der Waals surface area contributed by atoms with Gasteiger partial charge in [0.15, 0.2) is 0 Å². The molecule has 4 aromatic rings. The lowest BCUT2D eigenvalue weighted by atomic mass is 9.99. The number of aryl methyl sites for hydroxylation is 1. The number of nitrogens with zero attached hydrogens (tertiary/aromatic N) is 2. The number of benzene rings is 1. The lowest BCUT2D eigenvalue weighted by Gasteiger charge is -2.10. The molecule has 0 amide bonds. The predicted molar refractivity (Wildman–Crippen MR) is 110 cm³/mol. The van der Waals surface area contributed by atoms with Crippen LogP contribution >= 0.6 is 11.3 Å². The Kier molecular flexibility index (Phi) is 4.82. The monoisotopic (exact) mass is 363 g/mol. The van der Waals surface area contributed by atoms with E-state index in [1.54, 1.807) is 11.3 Å². The highest BCUT2D eigenvalue weighted by Crippen LogP contribution is 2.41. The average Bonchev–Trinajstić information content (AvgIpc) is 3.11. The number of fused-ring (bicyclic) bond motifs is 3. The topological polar surface area (TPSA) is 58.0 Å². The summed E-state index contributed by atoms with van der Waals surface area (Å²) >= 11 is 1.71. The molecule has 0 radical (unpaired) electrons. The van der Waals surface area contributed by atoms with Crippen LogP contribution in [0.3, 0.4) is 0 Å². The fourth-order valence-electron chi connectivity index (χ4n) is 3.25. The molecule has 4 rings (SSSR count). The highest BCUT2D eigenvalue weighted by atomic mass is 32.1. The summed E-state index contributed by atoms with van der Waals surface area (Å²) in [6.45, 7) is 3.16. The fourth-order valence-corrected chi connectivity index (χ4v) is 4.29. The van der Waals surface area contributed by atoms with Gasteiger partial charge < -0.3 is 10.4 Å². The van der Waals surface area contributed by atoms with Gasteiger partial charge in [-0.1, -0.05) is 24.3 Å². The van der Waals surface area contributed by atoms with E-state index in [0.29, 0.717) is 0 Å². The fraction of sp³-hybridized carbons (Fsp3) is 0.238. The van der Waals surface area contributed by atoms with Crippen molar-refractivity contribution in [2.24, 2.45) is 0 Å². The number of rotatable bonds is 6. The van der Waals surface area contributed by atoms with Gasteiger partial charge in [-0.15, -0.1) is 11.3 Å². The lowest BCUT2D eigenvalue weighted by molar-refractivity contribution is 0.286. The number of anilines is 1. The van der Waals surface area contributed by atoms with E-state index in [1.165, 1.54) is 22.1 Å². The number of hydrogen-bond donors (Lipinski definition) is 2. The summed E-state index contributed by atoms with van der Waals surface area (Å²) in [6.07, 6.45) is 3.54. The molecular formula is C21H21N3OS. The average molecular weight is 363 g/mol. The molecule has 0 unspecified atom stereocenters. The molecule has 0 spiro atoms. The van der Waals surface area contributed by atoms with Gasteiger partial charge in [0.25, 0.3) is 0 Å². The van der Waals surface area contributed by atoms with E-state index in [9.17, 15) is 0 Å². The Morgan fingerprint density at radius 1 is 1.08 bits per heavy atom. The molecule has 0 saturated heterocycles.